The van der Waals surface area contributed by atoms with E-state index in [1.165, 1.54) is 12.1 Å². The highest BCUT2D eigenvalue weighted by Gasteiger charge is 2.44. The topological polar surface area (TPSA) is 54.4 Å². The standard InChI is InChI=1S/C29H27BrClFN2O2.CH4/c1-36-28-25(16-20-15-21(30)6-11-26(20)34-28)27(19-4-7-22(31)8-5-19)29(35)12-13-33-24(17-29)14-18-2-9-23(32)10-3-18;/h2-11,15-16,24,27,33,35H,12-14,17H2,1H3;1H4. The molecule has 4 nitrogen and oxygen atoms in total. The van der Waals surface area contributed by atoms with Gasteiger partial charge in [0, 0.05) is 32.4 Å². The van der Waals surface area contributed by atoms with Gasteiger partial charge in [-0.15, -0.1) is 0 Å². The zero-order chi connectivity index (χ0) is 25.3. The zero-order valence-corrected chi connectivity index (χ0v) is 22.2. The van der Waals surface area contributed by atoms with Crippen molar-refractivity contribution < 1.29 is 14.2 Å². The van der Waals surface area contributed by atoms with Crippen LogP contribution in [0.15, 0.2) is 77.3 Å². The number of aliphatic hydroxyl groups is 1. The van der Waals surface area contributed by atoms with E-state index >= 15 is 0 Å². The smallest absolute Gasteiger partial charge is 0.217 e. The van der Waals surface area contributed by atoms with Gasteiger partial charge in [-0.25, -0.2) is 9.37 Å². The van der Waals surface area contributed by atoms with Crippen molar-refractivity contribution in [2.75, 3.05) is 13.7 Å². The van der Waals surface area contributed by atoms with Crippen LogP contribution in [0, 0.1) is 5.82 Å². The van der Waals surface area contributed by atoms with Crippen molar-refractivity contribution in [2.24, 2.45) is 0 Å². The zero-order valence-electron chi connectivity index (χ0n) is 19.8. The van der Waals surface area contributed by atoms with Crippen LogP contribution in [0.3, 0.4) is 0 Å². The molecule has 1 fully saturated rings. The number of nitrogens with zero attached hydrogens (tertiary/aromatic N) is 1. The van der Waals surface area contributed by atoms with Crippen LogP contribution in [0.5, 0.6) is 5.88 Å². The lowest BCUT2D eigenvalue weighted by Crippen LogP contribution is -2.52. The van der Waals surface area contributed by atoms with Gasteiger partial charge in [0.05, 0.1) is 18.2 Å². The monoisotopic (exact) mass is 584 g/mol. The molecule has 0 amide bonds. The number of methoxy groups -OCH3 is 1. The predicted molar refractivity (Wildman–Crippen MR) is 152 cm³/mol. The van der Waals surface area contributed by atoms with Crippen LogP contribution in [-0.2, 0) is 6.42 Å². The summed E-state index contributed by atoms with van der Waals surface area (Å²) in [6, 6.07) is 22.2. The molecule has 0 radical (unpaired) electrons. The van der Waals surface area contributed by atoms with Gasteiger partial charge < -0.3 is 15.2 Å². The third kappa shape index (κ3) is 5.99. The number of piperidine rings is 1. The number of fused-ring (bicyclic) bond motifs is 1. The molecule has 1 aromatic heterocycles. The molecule has 2 heterocycles. The Hall–Kier alpha value is -2.51. The van der Waals surface area contributed by atoms with E-state index in [4.69, 9.17) is 21.3 Å². The number of hydrogen-bond donors (Lipinski definition) is 2. The second-order valence-corrected chi connectivity index (χ2v) is 10.8. The van der Waals surface area contributed by atoms with Gasteiger partial charge in [-0.05, 0) is 85.5 Å². The van der Waals surface area contributed by atoms with E-state index in [0.29, 0.717) is 36.7 Å². The molecule has 4 aromatic rings. The largest absolute Gasteiger partial charge is 0.481 e. The van der Waals surface area contributed by atoms with Crippen molar-refractivity contribution >= 4 is 38.4 Å². The molecular weight excluding hydrogens is 555 g/mol. The Bertz CT molecular complexity index is 1370. The number of rotatable bonds is 6. The minimum Gasteiger partial charge on any atom is -0.481 e. The van der Waals surface area contributed by atoms with Crippen LogP contribution in [0.1, 0.15) is 42.9 Å². The SMILES string of the molecule is C.COc1nc2ccc(Br)cc2cc1C(c1ccc(Cl)cc1)C1(O)CCNC(Cc2ccc(F)cc2)C1. The Morgan fingerprint density at radius 3 is 2.57 bits per heavy atom. The average Bonchev–Trinajstić information content (AvgIpc) is 2.86. The Balaban J connectivity index is 0.00000320. The van der Waals surface area contributed by atoms with Gasteiger partial charge in [0.25, 0.3) is 0 Å². The number of nitrogens with one attached hydrogen (secondary N) is 1. The van der Waals surface area contributed by atoms with Gasteiger partial charge in [-0.2, -0.15) is 0 Å². The fourth-order valence-electron chi connectivity index (χ4n) is 5.36. The molecule has 3 unspecified atom stereocenters. The molecule has 2 N–H and O–H groups in total. The summed E-state index contributed by atoms with van der Waals surface area (Å²) in [4.78, 5) is 4.79. The quantitative estimate of drug-likeness (QED) is 0.249. The number of aromatic nitrogens is 1. The first kappa shape index (κ1) is 27.5. The van der Waals surface area contributed by atoms with Gasteiger partial charge in [-0.1, -0.05) is 59.2 Å². The molecule has 3 aromatic carbocycles. The highest BCUT2D eigenvalue weighted by molar-refractivity contribution is 9.10. The summed E-state index contributed by atoms with van der Waals surface area (Å²) in [5, 5.41) is 17.5. The average molecular weight is 586 g/mol. The number of hydrogen-bond acceptors (Lipinski definition) is 4. The lowest BCUT2D eigenvalue weighted by Gasteiger charge is -2.43. The van der Waals surface area contributed by atoms with Gasteiger partial charge in [0.1, 0.15) is 5.82 Å². The number of benzene rings is 3. The first-order chi connectivity index (χ1) is 17.3. The minimum absolute atomic E-state index is 0. The van der Waals surface area contributed by atoms with Crippen LogP contribution in [0.4, 0.5) is 4.39 Å². The Morgan fingerprint density at radius 2 is 1.86 bits per heavy atom. The van der Waals surface area contributed by atoms with E-state index in [9.17, 15) is 9.50 Å². The Morgan fingerprint density at radius 1 is 1.14 bits per heavy atom. The fraction of sp³-hybridized carbons (Fsp3) is 0.300. The molecule has 5 rings (SSSR count). The lowest BCUT2D eigenvalue weighted by molar-refractivity contribution is -0.0191. The van der Waals surface area contributed by atoms with Crippen molar-refractivity contribution in [3.63, 3.8) is 0 Å². The molecule has 7 heteroatoms. The summed E-state index contributed by atoms with van der Waals surface area (Å²) < 4.78 is 20.1. The molecule has 194 valence electrons. The molecule has 37 heavy (non-hydrogen) atoms. The van der Waals surface area contributed by atoms with Crippen LogP contribution >= 0.6 is 27.5 Å². The predicted octanol–water partition coefficient (Wildman–Crippen LogP) is 7.29. The first-order valence-electron chi connectivity index (χ1n) is 11.9. The van der Waals surface area contributed by atoms with Crippen molar-refractivity contribution in [1.29, 1.82) is 0 Å². The summed E-state index contributed by atoms with van der Waals surface area (Å²) in [7, 11) is 1.61. The van der Waals surface area contributed by atoms with Crippen LogP contribution in [0.25, 0.3) is 10.9 Å². The van der Waals surface area contributed by atoms with E-state index in [1.807, 2.05) is 42.5 Å². The van der Waals surface area contributed by atoms with Gasteiger partial charge >= 0.3 is 0 Å². The van der Waals surface area contributed by atoms with E-state index in [2.05, 4.69) is 27.3 Å². The summed E-state index contributed by atoms with van der Waals surface area (Å²) in [5.41, 5.74) is 2.54. The fourth-order valence-corrected chi connectivity index (χ4v) is 5.86. The van der Waals surface area contributed by atoms with Crippen LogP contribution in [-0.4, -0.2) is 35.4 Å². The van der Waals surface area contributed by atoms with E-state index in [-0.39, 0.29) is 19.3 Å². The highest BCUT2D eigenvalue weighted by Crippen LogP contribution is 2.45. The first-order valence-corrected chi connectivity index (χ1v) is 13.1. The van der Waals surface area contributed by atoms with Crippen molar-refractivity contribution in [2.45, 2.75) is 44.2 Å². The highest BCUT2D eigenvalue weighted by atomic mass is 79.9. The van der Waals surface area contributed by atoms with Crippen molar-refractivity contribution in [1.82, 2.24) is 10.3 Å². The molecule has 3 atom stereocenters. The molecule has 0 spiro atoms. The summed E-state index contributed by atoms with van der Waals surface area (Å²) >= 11 is 9.78. The molecule has 1 aliphatic heterocycles. The van der Waals surface area contributed by atoms with Crippen LogP contribution in [0.2, 0.25) is 5.02 Å². The maximum atomic E-state index is 13.4. The molecule has 0 aliphatic carbocycles. The number of pyridine rings is 1. The number of halogens is 3. The van der Waals surface area contributed by atoms with Gasteiger partial charge in [-0.3, -0.25) is 0 Å². The maximum Gasteiger partial charge on any atom is 0.217 e. The minimum atomic E-state index is -1.07. The second kappa shape index (κ2) is 11.5. The van der Waals surface area contributed by atoms with E-state index < -0.39 is 11.5 Å². The van der Waals surface area contributed by atoms with Crippen LogP contribution < -0.4 is 10.1 Å². The van der Waals surface area contributed by atoms with Crippen molar-refractivity contribution in [3.05, 3.63) is 105 Å². The van der Waals surface area contributed by atoms with E-state index in [0.717, 1.165) is 32.1 Å². The van der Waals surface area contributed by atoms with E-state index in [1.54, 1.807) is 19.2 Å². The molecule has 0 saturated carbocycles. The Kier molecular flexibility index (Phi) is 8.54. The molecule has 0 bridgehead atoms. The lowest BCUT2D eigenvalue weighted by atomic mass is 9.70. The van der Waals surface area contributed by atoms with Crippen molar-refractivity contribution in [3.8, 4) is 5.88 Å². The summed E-state index contributed by atoms with van der Waals surface area (Å²) in [6.07, 6.45) is 1.76. The summed E-state index contributed by atoms with van der Waals surface area (Å²) in [6.45, 7) is 0.654. The molecule has 1 aliphatic rings. The molecular formula is C30H31BrClFN2O2. The third-order valence-corrected chi connectivity index (χ3v) is 7.75. The molecule has 1 saturated heterocycles. The van der Waals surface area contributed by atoms with Gasteiger partial charge in [0.2, 0.25) is 5.88 Å². The maximum absolute atomic E-state index is 13.4. The Labute approximate surface area is 231 Å². The normalized spacial score (nSPS) is 20.3. The number of ether oxygens (including phenoxy) is 1. The third-order valence-electron chi connectivity index (χ3n) is 7.00. The second-order valence-electron chi connectivity index (χ2n) is 9.45. The van der Waals surface area contributed by atoms with Gasteiger partial charge in [0.15, 0.2) is 0 Å². The summed E-state index contributed by atoms with van der Waals surface area (Å²) in [5.74, 6) is -0.151.